The summed E-state index contributed by atoms with van der Waals surface area (Å²) in [4.78, 5) is 4.37. The molecule has 1 saturated carbocycles. The molecule has 2 rings (SSSR count). The Labute approximate surface area is 108 Å². The second-order valence-electron chi connectivity index (χ2n) is 4.75. The van der Waals surface area contributed by atoms with E-state index in [1.165, 1.54) is 6.42 Å². The van der Waals surface area contributed by atoms with E-state index in [9.17, 15) is 0 Å². The second-order valence-corrected chi connectivity index (χ2v) is 4.75. The Morgan fingerprint density at radius 3 is 2.78 bits per heavy atom. The molecule has 18 heavy (non-hydrogen) atoms. The highest BCUT2D eigenvalue weighted by molar-refractivity contribution is 5.29. The quantitative estimate of drug-likeness (QED) is 0.593. The minimum absolute atomic E-state index is 0.0543. The summed E-state index contributed by atoms with van der Waals surface area (Å²) in [6.45, 7) is 0. The first kappa shape index (κ1) is 13.3. The van der Waals surface area contributed by atoms with E-state index in [1.807, 2.05) is 12.1 Å². The largest absolute Gasteiger partial charge is 0.495 e. The molecule has 1 atom stereocenters. The Balaban J connectivity index is 2.17. The predicted octanol–water partition coefficient (Wildman–Crippen LogP) is 1.55. The van der Waals surface area contributed by atoms with E-state index >= 15 is 0 Å². The van der Waals surface area contributed by atoms with Gasteiger partial charge in [0.1, 0.15) is 11.4 Å². The minimum Gasteiger partial charge on any atom is -0.495 e. The molecule has 1 aromatic heterocycles. The number of hydrogen-bond acceptors (Lipinski definition) is 5. The molecule has 1 aliphatic rings. The summed E-state index contributed by atoms with van der Waals surface area (Å²) in [6, 6.07) is 3.69. The van der Waals surface area contributed by atoms with Gasteiger partial charge < -0.3 is 9.47 Å². The summed E-state index contributed by atoms with van der Waals surface area (Å²) in [5.74, 6) is 6.42. The molecule has 0 radical (unpaired) electrons. The Kier molecular flexibility index (Phi) is 4.16. The predicted molar refractivity (Wildman–Crippen MR) is 69.1 cm³/mol. The number of nitrogens with one attached hydrogen (secondary N) is 1. The highest BCUT2D eigenvalue weighted by Crippen LogP contribution is 2.42. The summed E-state index contributed by atoms with van der Waals surface area (Å²) in [6.07, 6.45) is 5.94. The van der Waals surface area contributed by atoms with Gasteiger partial charge in [-0.1, -0.05) is 0 Å². The lowest BCUT2D eigenvalue weighted by Gasteiger charge is -2.42. The number of nitrogens with two attached hydrogens (primary N) is 1. The van der Waals surface area contributed by atoms with Crippen LogP contribution in [0.1, 0.15) is 37.4 Å². The zero-order valence-electron chi connectivity index (χ0n) is 11.0. The van der Waals surface area contributed by atoms with E-state index in [1.54, 1.807) is 20.4 Å². The molecule has 0 aliphatic heterocycles. The maximum Gasteiger partial charge on any atom is 0.142 e. The van der Waals surface area contributed by atoms with Crippen molar-refractivity contribution < 1.29 is 9.47 Å². The number of rotatable bonds is 6. The van der Waals surface area contributed by atoms with Gasteiger partial charge in [-0.3, -0.25) is 16.3 Å². The van der Waals surface area contributed by atoms with Gasteiger partial charge in [0.15, 0.2) is 0 Å². The maximum atomic E-state index is 5.67. The van der Waals surface area contributed by atoms with Crippen molar-refractivity contribution in [3.05, 3.63) is 24.0 Å². The fraction of sp³-hybridized carbons (Fsp3) is 0.615. The van der Waals surface area contributed by atoms with Crippen molar-refractivity contribution in [3.63, 3.8) is 0 Å². The zero-order valence-corrected chi connectivity index (χ0v) is 11.0. The molecular weight excluding hydrogens is 230 g/mol. The van der Waals surface area contributed by atoms with E-state index in [0.717, 1.165) is 30.7 Å². The lowest BCUT2D eigenvalue weighted by molar-refractivity contribution is -0.0841. The monoisotopic (exact) mass is 251 g/mol. The molecule has 0 bridgehead atoms. The van der Waals surface area contributed by atoms with Crippen LogP contribution in [0.2, 0.25) is 0 Å². The number of nitrogens with zero attached hydrogens (tertiary/aromatic N) is 1. The lowest BCUT2D eigenvalue weighted by atomic mass is 9.75. The van der Waals surface area contributed by atoms with Crippen LogP contribution >= 0.6 is 0 Å². The van der Waals surface area contributed by atoms with Crippen molar-refractivity contribution in [2.24, 2.45) is 5.84 Å². The van der Waals surface area contributed by atoms with Gasteiger partial charge in [0.25, 0.3) is 0 Å². The van der Waals surface area contributed by atoms with Crippen molar-refractivity contribution in [2.45, 2.75) is 37.3 Å². The van der Waals surface area contributed by atoms with Crippen LogP contribution in [0.25, 0.3) is 0 Å². The highest BCUT2D eigenvalue weighted by Gasteiger charge is 2.40. The summed E-state index contributed by atoms with van der Waals surface area (Å²) in [7, 11) is 3.41. The van der Waals surface area contributed by atoms with Crippen molar-refractivity contribution in [3.8, 4) is 5.75 Å². The molecule has 3 N–H and O–H groups in total. The van der Waals surface area contributed by atoms with E-state index < -0.39 is 0 Å². The topological polar surface area (TPSA) is 69.4 Å². The van der Waals surface area contributed by atoms with Gasteiger partial charge in [0.05, 0.1) is 18.8 Å². The Hall–Kier alpha value is -1.17. The average Bonchev–Trinajstić information content (AvgIpc) is 2.38. The van der Waals surface area contributed by atoms with E-state index in [0.29, 0.717) is 0 Å². The molecule has 1 heterocycles. The van der Waals surface area contributed by atoms with Crippen molar-refractivity contribution in [2.75, 3.05) is 14.2 Å². The van der Waals surface area contributed by atoms with Gasteiger partial charge in [-0.2, -0.15) is 0 Å². The van der Waals surface area contributed by atoms with Gasteiger partial charge in [-0.25, -0.2) is 0 Å². The average molecular weight is 251 g/mol. The van der Waals surface area contributed by atoms with Crippen molar-refractivity contribution >= 4 is 0 Å². The molecule has 0 aromatic carbocycles. The Morgan fingerprint density at radius 2 is 2.28 bits per heavy atom. The van der Waals surface area contributed by atoms with Crippen LogP contribution in [0, 0.1) is 0 Å². The van der Waals surface area contributed by atoms with Crippen LogP contribution in [0.15, 0.2) is 18.3 Å². The van der Waals surface area contributed by atoms with Crippen LogP contribution < -0.4 is 16.0 Å². The molecule has 0 spiro atoms. The molecule has 1 fully saturated rings. The first-order valence-electron chi connectivity index (χ1n) is 6.25. The molecule has 0 saturated heterocycles. The minimum atomic E-state index is -0.0560. The van der Waals surface area contributed by atoms with Gasteiger partial charge in [-0.05, 0) is 37.8 Å². The maximum absolute atomic E-state index is 5.67. The lowest BCUT2D eigenvalue weighted by Crippen LogP contribution is -2.44. The van der Waals surface area contributed by atoms with Gasteiger partial charge in [0.2, 0.25) is 0 Å². The van der Waals surface area contributed by atoms with Crippen LogP contribution in [-0.2, 0) is 4.74 Å². The zero-order chi connectivity index (χ0) is 13.0. The third kappa shape index (κ3) is 2.48. The van der Waals surface area contributed by atoms with Crippen LogP contribution in [0.4, 0.5) is 0 Å². The summed E-state index contributed by atoms with van der Waals surface area (Å²) >= 11 is 0. The molecule has 5 nitrogen and oxygen atoms in total. The molecular formula is C13H21N3O2. The number of aromatic nitrogens is 1. The van der Waals surface area contributed by atoms with E-state index in [4.69, 9.17) is 15.3 Å². The van der Waals surface area contributed by atoms with E-state index in [-0.39, 0.29) is 11.6 Å². The summed E-state index contributed by atoms with van der Waals surface area (Å²) < 4.78 is 11.0. The SMILES string of the molecule is COc1cccnc1C(CC1(OC)CCC1)NN. The number of hydrazine groups is 1. The summed E-state index contributed by atoms with van der Waals surface area (Å²) in [5.41, 5.74) is 3.61. The van der Waals surface area contributed by atoms with Gasteiger partial charge in [-0.15, -0.1) is 0 Å². The second kappa shape index (κ2) is 5.65. The fourth-order valence-corrected chi connectivity index (χ4v) is 2.51. The fourth-order valence-electron chi connectivity index (χ4n) is 2.51. The number of ether oxygens (including phenoxy) is 2. The van der Waals surface area contributed by atoms with Gasteiger partial charge in [0, 0.05) is 13.3 Å². The standard InChI is InChI=1S/C13H21N3O2/c1-17-11-5-3-8-15-12(11)10(16-14)9-13(18-2)6-4-7-13/h3,5,8,10,16H,4,6-7,9,14H2,1-2H3. The Bertz CT molecular complexity index is 388. The van der Waals surface area contributed by atoms with Crippen molar-refractivity contribution in [1.82, 2.24) is 10.4 Å². The Morgan fingerprint density at radius 1 is 1.50 bits per heavy atom. The van der Waals surface area contributed by atoms with Crippen molar-refractivity contribution in [1.29, 1.82) is 0 Å². The number of hydrogen-bond donors (Lipinski definition) is 2. The highest BCUT2D eigenvalue weighted by atomic mass is 16.5. The molecule has 1 unspecified atom stereocenters. The third-order valence-corrected chi connectivity index (χ3v) is 3.82. The normalized spacial score (nSPS) is 19.1. The van der Waals surface area contributed by atoms with Crippen LogP contribution in [-0.4, -0.2) is 24.8 Å². The molecule has 0 amide bonds. The third-order valence-electron chi connectivity index (χ3n) is 3.82. The molecule has 1 aliphatic carbocycles. The van der Waals surface area contributed by atoms with Crippen LogP contribution in [0.3, 0.4) is 0 Å². The smallest absolute Gasteiger partial charge is 0.142 e. The summed E-state index contributed by atoms with van der Waals surface area (Å²) in [5, 5.41) is 0. The van der Waals surface area contributed by atoms with E-state index in [2.05, 4.69) is 10.4 Å². The molecule has 100 valence electrons. The van der Waals surface area contributed by atoms with Gasteiger partial charge >= 0.3 is 0 Å². The first-order valence-corrected chi connectivity index (χ1v) is 6.25. The molecule has 5 heteroatoms. The van der Waals surface area contributed by atoms with Crippen LogP contribution in [0.5, 0.6) is 5.75 Å². The number of methoxy groups -OCH3 is 2. The molecule has 1 aromatic rings. The number of pyridine rings is 1. The first-order chi connectivity index (χ1) is 8.74.